The number of hydrogen-bond donors (Lipinski definition) is 0. The van der Waals surface area contributed by atoms with Crippen LogP contribution in [0.3, 0.4) is 0 Å². The normalized spacial score (nSPS) is 12.4. The molecule has 3 heterocycles. The first-order valence-corrected chi connectivity index (χ1v) is 7.28. The molecule has 0 N–H and O–H groups in total. The number of halogens is 1. The molecule has 7 heteroatoms. The number of hydrogen-bond acceptors (Lipinski definition) is 4. The van der Waals surface area contributed by atoms with Crippen LogP contribution in [0.1, 0.15) is 0 Å². The molecule has 0 unspecified atom stereocenters. The molecule has 0 radical (unpaired) electrons. The van der Waals surface area contributed by atoms with Gasteiger partial charge < -0.3 is 19.8 Å². The van der Waals surface area contributed by atoms with E-state index in [1.165, 1.54) is 12.1 Å². The summed E-state index contributed by atoms with van der Waals surface area (Å²) < 4.78 is 12.6. The average molecular weight is 513 g/mol. The fourth-order valence-electron chi connectivity index (χ4n) is 2.02. The van der Waals surface area contributed by atoms with E-state index in [9.17, 15) is 4.39 Å². The monoisotopic (exact) mass is 513 g/mol. The van der Waals surface area contributed by atoms with Gasteiger partial charge in [0.15, 0.2) is 0 Å². The Morgan fingerprint density at radius 2 is 2.00 bits per heavy atom. The number of anilines is 1. The SMILES string of the molecule is CN1C=CN(c2[c-]cc(F)cc2)[CH-]1.[Ir+3].c1ccc(-c2ncc[n-]2)nc1. The van der Waals surface area contributed by atoms with Crippen LogP contribution >= 0.6 is 0 Å². The largest absolute Gasteiger partial charge is 3.00 e. The van der Waals surface area contributed by atoms with E-state index in [1.807, 2.05) is 54.1 Å². The molecule has 5 nitrogen and oxygen atoms in total. The van der Waals surface area contributed by atoms with E-state index < -0.39 is 0 Å². The topological polar surface area (TPSA) is 46.4 Å². The van der Waals surface area contributed by atoms with Crippen LogP contribution < -0.4 is 9.88 Å². The van der Waals surface area contributed by atoms with Gasteiger partial charge in [-0.05, 0) is 37.4 Å². The number of aromatic nitrogens is 3. The molecule has 4 rings (SSSR count). The van der Waals surface area contributed by atoms with E-state index in [4.69, 9.17) is 0 Å². The van der Waals surface area contributed by atoms with Crippen molar-refractivity contribution in [2.45, 2.75) is 0 Å². The van der Waals surface area contributed by atoms with E-state index in [0.717, 1.165) is 11.4 Å². The molecule has 1 aromatic carbocycles. The van der Waals surface area contributed by atoms with E-state index in [2.05, 4.69) is 21.0 Å². The molecule has 0 aliphatic carbocycles. The zero-order chi connectivity index (χ0) is 16.8. The summed E-state index contributed by atoms with van der Waals surface area (Å²) in [6, 6.07) is 12.9. The predicted octanol–water partition coefficient (Wildman–Crippen LogP) is 3.07. The van der Waals surface area contributed by atoms with Crippen molar-refractivity contribution in [3.63, 3.8) is 0 Å². The van der Waals surface area contributed by atoms with Gasteiger partial charge in [-0.3, -0.25) is 9.37 Å². The summed E-state index contributed by atoms with van der Waals surface area (Å²) in [5.41, 5.74) is 1.65. The molecule has 0 saturated heterocycles. The zero-order valence-electron chi connectivity index (χ0n) is 13.4. The quantitative estimate of drug-likeness (QED) is 0.494. The fraction of sp³-hybridized carbons (Fsp3) is 0.0556. The maximum atomic E-state index is 12.6. The van der Waals surface area contributed by atoms with Gasteiger partial charge in [-0.2, -0.15) is 12.7 Å². The second-order valence-electron chi connectivity index (χ2n) is 4.97. The Morgan fingerprint density at radius 3 is 2.56 bits per heavy atom. The number of nitrogens with zero attached hydrogens (tertiary/aromatic N) is 5. The molecule has 0 atom stereocenters. The Hall–Kier alpha value is -2.50. The van der Waals surface area contributed by atoms with Crippen LogP contribution in [-0.4, -0.2) is 21.9 Å². The molecule has 2 aromatic heterocycles. The van der Waals surface area contributed by atoms with Crippen LogP contribution in [0.2, 0.25) is 0 Å². The van der Waals surface area contributed by atoms with Crippen LogP contribution in [0.15, 0.2) is 67.4 Å². The number of imidazole rings is 1. The van der Waals surface area contributed by atoms with Crippen molar-refractivity contribution in [2.75, 3.05) is 11.9 Å². The maximum absolute atomic E-state index is 12.6. The molecule has 0 saturated carbocycles. The first-order valence-electron chi connectivity index (χ1n) is 7.28. The maximum Gasteiger partial charge on any atom is 3.00 e. The van der Waals surface area contributed by atoms with Crippen molar-refractivity contribution in [3.05, 3.63) is 85.9 Å². The van der Waals surface area contributed by atoms with E-state index >= 15 is 0 Å². The van der Waals surface area contributed by atoms with E-state index in [0.29, 0.717) is 5.82 Å². The number of pyridine rings is 1. The molecular weight excluding hydrogens is 497 g/mol. The summed E-state index contributed by atoms with van der Waals surface area (Å²) in [5, 5.41) is 0. The molecule has 1 aliphatic rings. The molecule has 0 fully saturated rings. The molecule has 128 valence electrons. The van der Waals surface area contributed by atoms with E-state index in [1.54, 1.807) is 24.7 Å². The second kappa shape index (κ2) is 9.11. The minimum Gasteiger partial charge on any atom is -0.510 e. The van der Waals surface area contributed by atoms with Gasteiger partial charge in [-0.25, -0.2) is 0 Å². The Morgan fingerprint density at radius 1 is 1.12 bits per heavy atom. The number of rotatable bonds is 2. The van der Waals surface area contributed by atoms with Gasteiger partial charge in [-0.1, -0.05) is 18.5 Å². The van der Waals surface area contributed by atoms with Gasteiger partial charge in [0, 0.05) is 12.0 Å². The molecule has 0 bridgehead atoms. The molecule has 0 amide bonds. The van der Waals surface area contributed by atoms with Crippen molar-refractivity contribution >= 4 is 5.69 Å². The molecule has 1 aliphatic heterocycles. The third-order valence-electron chi connectivity index (χ3n) is 3.16. The Balaban J connectivity index is 0.000000175. The number of benzene rings is 1. The molecule has 3 aromatic rings. The third kappa shape index (κ3) is 5.24. The Labute approximate surface area is 159 Å². The smallest absolute Gasteiger partial charge is 0.510 e. The van der Waals surface area contributed by atoms with Crippen LogP contribution in [0.5, 0.6) is 0 Å². The summed E-state index contributed by atoms with van der Waals surface area (Å²) in [5.74, 6) is 0.422. The van der Waals surface area contributed by atoms with E-state index in [-0.39, 0.29) is 25.9 Å². The van der Waals surface area contributed by atoms with Gasteiger partial charge in [0.05, 0.1) is 5.69 Å². The van der Waals surface area contributed by atoms with Gasteiger partial charge in [0.1, 0.15) is 0 Å². The average Bonchev–Trinajstić information content (AvgIpc) is 3.29. The van der Waals surface area contributed by atoms with Gasteiger partial charge in [0.25, 0.3) is 0 Å². The third-order valence-corrected chi connectivity index (χ3v) is 3.16. The minimum absolute atomic E-state index is 0. The first-order chi connectivity index (χ1) is 11.7. The molecule has 25 heavy (non-hydrogen) atoms. The minimum atomic E-state index is -0.264. The first kappa shape index (κ1) is 18.8. The fourth-order valence-corrected chi connectivity index (χ4v) is 2.02. The van der Waals surface area contributed by atoms with Crippen molar-refractivity contribution in [1.29, 1.82) is 0 Å². The Kier molecular flexibility index (Phi) is 6.86. The van der Waals surface area contributed by atoms with Crippen LogP contribution in [0.25, 0.3) is 11.5 Å². The zero-order valence-corrected chi connectivity index (χ0v) is 15.8. The standard InChI is InChI=1S/C10H9FN2.C8H6N3.Ir/c1-12-6-7-13(8-12)10-4-2-9(11)3-5-10;1-2-4-9-7(3-1)8-10-5-6-11-8;/h2-4,6-8H,1H3;1-6H;/q-2;-1;+3. The predicted molar refractivity (Wildman–Crippen MR) is 89.7 cm³/mol. The molecular formula is C18H15FIrN5. The van der Waals surface area contributed by atoms with Crippen molar-refractivity contribution in [2.24, 2.45) is 0 Å². The van der Waals surface area contributed by atoms with Gasteiger partial charge in [0.2, 0.25) is 0 Å². The summed E-state index contributed by atoms with van der Waals surface area (Å²) in [4.78, 5) is 15.9. The summed E-state index contributed by atoms with van der Waals surface area (Å²) in [7, 11) is 1.93. The summed E-state index contributed by atoms with van der Waals surface area (Å²) in [6.45, 7) is 1.89. The van der Waals surface area contributed by atoms with Crippen molar-refractivity contribution in [1.82, 2.24) is 19.9 Å². The summed E-state index contributed by atoms with van der Waals surface area (Å²) in [6.07, 6.45) is 8.85. The van der Waals surface area contributed by atoms with Crippen LogP contribution in [0.4, 0.5) is 10.1 Å². The summed E-state index contributed by atoms with van der Waals surface area (Å²) >= 11 is 0. The molecule has 0 spiro atoms. The van der Waals surface area contributed by atoms with Gasteiger partial charge >= 0.3 is 20.1 Å². The Bertz CT molecular complexity index is 775. The van der Waals surface area contributed by atoms with Crippen LogP contribution in [0, 0.1) is 18.6 Å². The van der Waals surface area contributed by atoms with Crippen molar-refractivity contribution in [3.8, 4) is 11.5 Å². The van der Waals surface area contributed by atoms with Crippen LogP contribution in [-0.2, 0) is 20.1 Å². The second-order valence-corrected chi connectivity index (χ2v) is 4.97. The van der Waals surface area contributed by atoms with Gasteiger partial charge in [-0.15, -0.1) is 23.9 Å². The van der Waals surface area contributed by atoms with Crippen molar-refractivity contribution < 1.29 is 24.5 Å².